The standard InChI is InChI=1S/C10H6BrFO4S/c1-2-3-17(15,16)8-5-6(11)4-7(9(8)12)10(13)14/h1,4-5H,3H2,(H,13,14). The van der Waals surface area contributed by atoms with Crippen LogP contribution in [-0.2, 0) is 9.84 Å². The maximum atomic E-state index is 13.7. The molecule has 0 bridgehead atoms. The molecule has 1 aromatic carbocycles. The van der Waals surface area contributed by atoms with E-state index in [0.29, 0.717) is 0 Å². The topological polar surface area (TPSA) is 71.4 Å². The molecule has 0 saturated heterocycles. The molecule has 0 heterocycles. The van der Waals surface area contributed by atoms with Gasteiger partial charge in [0.05, 0.1) is 5.56 Å². The van der Waals surface area contributed by atoms with Crippen molar-refractivity contribution in [2.45, 2.75) is 4.90 Å². The van der Waals surface area contributed by atoms with Crippen LogP contribution in [0.1, 0.15) is 10.4 Å². The lowest BCUT2D eigenvalue weighted by Crippen LogP contribution is -2.11. The van der Waals surface area contributed by atoms with Crippen molar-refractivity contribution in [3.8, 4) is 12.3 Å². The number of carbonyl (C=O) groups is 1. The summed E-state index contributed by atoms with van der Waals surface area (Å²) >= 11 is 2.91. The summed E-state index contributed by atoms with van der Waals surface area (Å²) in [4.78, 5) is 9.99. The van der Waals surface area contributed by atoms with Gasteiger partial charge in [-0.3, -0.25) is 0 Å². The van der Waals surface area contributed by atoms with Gasteiger partial charge >= 0.3 is 5.97 Å². The number of sulfone groups is 1. The van der Waals surface area contributed by atoms with Gasteiger partial charge in [0, 0.05) is 4.47 Å². The number of aromatic carboxylic acids is 1. The SMILES string of the molecule is C#CCS(=O)(=O)c1cc(Br)cc(C(=O)O)c1F. The molecule has 90 valence electrons. The Kier molecular flexibility index (Phi) is 3.91. The fourth-order valence-corrected chi connectivity index (χ4v) is 2.81. The summed E-state index contributed by atoms with van der Waals surface area (Å²) in [5.41, 5.74) is -0.727. The number of benzene rings is 1. The molecule has 17 heavy (non-hydrogen) atoms. The Balaban J connectivity index is 3.57. The molecule has 0 fully saturated rings. The van der Waals surface area contributed by atoms with Gasteiger partial charge in [0.25, 0.3) is 0 Å². The predicted molar refractivity (Wildman–Crippen MR) is 61.9 cm³/mol. The van der Waals surface area contributed by atoms with Crippen LogP contribution in [0.5, 0.6) is 0 Å². The molecule has 1 N–H and O–H groups in total. The molecule has 1 rings (SSSR count). The van der Waals surface area contributed by atoms with Crippen LogP contribution < -0.4 is 0 Å². The van der Waals surface area contributed by atoms with Gasteiger partial charge in [-0.1, -0.05) is 21.9 Å². The molecule has 7 heteroatoms. The highest BCUT2D eigenvalue weighted by Crippen LogP contribution is 2.24. The Morgan fingerprint density at radius 2 is 2.12 bits per heavy atom. The van der Waals surface area contributed by atoms with Crippen LogP contribution in [0.3, 0.4) is 0 Å². The molecule has 1 aromatic rings. The first kappa shape index (κ1) is 13.7. The van der Waals surface area contributed by atoms with E-state index in [1.54, 1.807) is 0 Å². The third-order valence-corrected chi connectivity index (χ3v) is 3.81. The van der Waals surface area contributed by atoms with Gasteiger partial charge in [0.15, 0.2) is 15.7 Å². The normalized spacial score (nSPS) is 10.9. The molecular weight excluding hydrogens is 315 g/mol. The predicted octanol–water partition coefficient (Wildman–Crippen LogP) is 1.69. The summed E-state index contributed by atoms with van der Waals surface area (Å²) in [6.07, 6.45) is 4.86. The molecule has 0 amide bonds. The van der Waals surface area contributed by atoms with Gasteiger partial charge in [-0.25, -0.2) is 17.6 Å². The zero-order valence-electron chi connectivity index (χ0n) is 8.28. The lowest BCUT2D eigenvalue weighted by Gasteiger charge is -2.06. The highest BCUT2D eigenvalue weighted by atomic mass is 79.9. The molecule has 0 aliphatic heterocycles. The van der Waals surface area contributed by atoms with E-state index in [1.165, 1.54) is 0 Å². The molecular formula is C10H6BrFO4S. The van der Waals surface area contributed by atoms with Crippen molar-refractivity contribution in [3.05, 3.63) is 28.0 Å². The minimum Gasteiger partial charge on any atom is -0.478 e. The van der Waals surface area contributed by atoms with Crippen molar-refractivity contribution in [1.29, 1.82) is 0 Å². The number of rotatable bonds is 3. The largest absolute Gasteiger partial charge is 0.478 e. The van der Waals surface area contributed by atoms with Crippen LogP contribution in [-0.4, -0.2) is 25.2 Å². The van der Waals surface area contributed by atoms with Gasteiger partial charge < -0.3 is 5.11 Å². The lowest BCUT2D eigenvalue weighted by atomic mass is 10.2. The van der Waals surface area contributed by atoms with Gasteiger partial charge in [-0.05, 0) is 12.1 Å². The molecule has 0 atom stereocenters. The number of hydrogen-bond acceptors (Lipinski definition) is 3. The monoisotopic (exact) mass is 320 g/mol. The number of hydrogen-bond donors (Lipinski definition) is 1. The lowest BCUT2D eigenvalue weighted by molar-refractivity contribution is 0.0691. The first-order valence-corrected chi connectivity index (χ1v) is 6.62. The quantitative estimate of drug-likeness (QED) is 0.860. The molecule has 0 spiro atoms. The first-order valence-electron chi connectivity index (χ1n) is 4.18. The second-order valence-corrected chi connectivity index (χ2v) is 5.91. The molecule has 0 aliphatic rings. The van der Waals surface area contributed by atoms with Gasteiger partial charge in [-0.2, -0.15) is 0 Å². The Bertz CT molecular complexity index is 616. The van der Waals surface area contributed by atoms with E-state index in [-0.39, 0.29) is 4.47 Å². The molecule has 0 aromatic heterocycles. The second-order valence-electron chi connectivity index (χ2n) is 3.03. The molecule has 0 radical (unpaired) electrons. The van der Waals surface area contributed by atoms with Gasteiger partial charge in [0.1, 0.15) is 10.6 Å². The van der Waals surface area contributed by atoms with Crippen LogP contribution in [0.4, 0.5) is 4.39 Å². The Labute approximate surface area is 106 Å². The number of terminal acetylenes is 1. The number of carboxylic acid groups (broad SMARTS) is 1. The van der Waals surface area contributed by atoms with E-state index in [1.807, 2.05) is 5.92 Å². The van der Waals surface area contributed by atoms with Crippen LogP contribution >= 0.6 is 15.9 Å². The Hall–Kier alpha value is -1.39. The minimum absolute atomic E-state index is 0.145. The van der Waals surface area contributed by atoms with E-state index >= 15 is 0 Å². The molecule has 4 nitrogen and oxygen atoms in total. The van der Waals surface area contributed by atoms with Crippen molar-refractivity contribution in [2.24, 2.45) is 0 Å². The Morgan fingerprint density at radius 3 is 2.59 bits per heavy atom. The molecule has 0 saturated carbocycles. The summed E-state index contributed by atoms with van der Waals surface area (Å²) in [6.45, 7) is 0. The first-order chi connectivity index (χ1) is 7.79. The fourth-order valence-electron chi connectivity index (χ4n) is 1.13. The maximum absolute atomic E-state index is 13.7. The zero-order valence-corrected chi connectivity index (χ0v) is 10.7. The zero-order chi connectivity index (χ0) is 13.2. The van der Waals surface area contributed by atoms with Crippen LogP contribution in [0.25, 0.3) is 0 Å². The van der Waals surface area contributed by atoms with Crippen LogP contribution in [0.2, 0.25) is 0 Å². The van der Waals surface area contributed by atoms with E-state index in [2.05, 4.69) is 15.9 Å². The number of halogens is 2. The maximum Gasteiger partial charge on any atom is 0.338 e. The fraction of sp³-hybridized carbons (Fsp3) is 0.100. The van der Waals surface area contributed by atoms with E-state index < -0.39 is 37.8 Å². The Morgan fingerprint density at radius 1 is 1.53 bits per heavy atom. The smallest absolute Gasteiger partial charge is 0.338 e. The summed E-state index contributed by atoms with van der Waals surface area (Å²) in [5.74, 6) is -1.67. The summed E-state index contributed by atoms with van der Waals surface area (Å²) in [7, 11) is -4.02. The summed E-state index contributed by atoms with van der Waals surface area (Å²) < 4.78 is 37.0. The van der Waals surface area contributed by atoms with Crippen LogP contribution in [0.15, 0.2) is 21.5 Å². The minimum atomic E-state index is -4.02. The average molecular weight is 321 g/mol. The van der Waals surface area contributed by atoms with Gasteiger partial charge in [-0.15, -0.1) is 6.42 Å². The molecule has 0 aliphatic carbocycles. The highest BCUT2D eigenvalue weighted by Gasteiger charge is 2.24. The highest BCUT2D eigenvalue weighted by molar-refractivity contribution is 9.10. The third-order valence-electron chi connectivity index (χ3n) is 1.84. The van der Waals surface area contributed by atoms with E-state index in [4.69, 9.17) is 11.5 Å². The van der Waals surface area contributed by atoms with Crippen molar-refractivity contribution in [2.75, 3.05) is 5.75 Å². The van der Waals surface area contributed by atoms with Gasteiger partial charge in [0.2, 0.25) is 0 Å². The molecule has 0 unspecified atom stereocenters. The van der Waals surface area contributed by atoms with Crippen molar-refractivity contribution in [3.63, 3.8) is 0 Å². The summed E-state index contributed by atoms with van der Waals surface area (Å²) in [5, 5.41) is 8.71. The van der Waals surface area contributed by atoms with Crippen molar-refractivity contribution in [1.82, 2.24) is 0 Å². The second kappa shape index (κ2) is 4.85. The van der Waals surface area contributed by atoms with Crippen molar-refractivity contribution < 1.29 is 22.7 Å². The van der Waals surface area contributed by atoms with E-state index in [9.17, 15) is 17.6 Å². The van der Waals surface area contributed by atoms with Crippen LogP contribution in [0, 0.1) is 18.2 Å². The van der Waals surface area contributed by atoms with Crippen molar-refractivity contribution >= 4 is 31.7 Å². The summed E-state index contributed by atoms with van der Waals surface area (Å²) in [6, 6.07) is 1.96. The third kappa shape index (κ3) is 2.84. The van der Waals surface area contributed by atoms with E-state index in [0.717, 1.165) is 12.1 Å². The number of carboxylic acids is 1. The average Bonchev–Trinajstić information content (AvgIpc) is 2.20.